The van der Waals surface area contributed by atoms with E-state index in [9.17, 15) is 18.0 Å². The Balaban J connectivity index is 1.52. The second-order valence-corrected chi connectivity index (χ2v) is 7.08. The maximum Gasteiger partial charge on any atom is 0.436 e. The summed E-state index contributed by atoms with van der Waals surface area (Å²) in [5.74, 6) is 0.153. The average Bonchev–Trinajstić information content (AvgIpc) is 3.23. The van der Waals surface area contributed by atoms with Crippen LogP contribution in [0, 0.1) is 6.92 Å². The van der Waals surface area contributed by atoms with E-state index in [2.05, 4.69) is 15.5 Å². The third kappa shape index (κ3) is 5.45. The van der Waals surface area contributed by atoms with Gasteiger partial charge in [0.25, 0.3) is 0 Å². The molecule has 0 aliphatic carbocycles. The molecule has 1 aromatic carbocycles. The summed E-state index contributed by atoms with van der Waals surface area (Å²) in [7, 11) is 0. The van der Waals surface area contributed by atoms with Crippen LogP contribution in [0.1, 0.15) is 17.8 Å². The maximum absolute atomic E-state index is 12.9. The smallest absolute Gasteiger partial charge is 0.436 e. The maximum atomic E-state index is 12.9. The van der Waals surface area contributed by atoms with Crippen molar-refractivity contribution in [3.63, 3.8) is 0 Å². The van der Waals surface area contributed by atoms with Gasteiger partial charge in [-0.2, -0.15) is 23.4 Å². The zero-order valence-corrected chi connectivity index (χ0v) is 17.1. The number of anilines is 1. The van der Waals surface area contributed by atoms with Crippen molar-refractivity contribution in [2.75, 3.05) is 5.32 Å². The summed E-state index contributed by atoms with van der Waals surface area (Å²) in [5, 5.41) is 10.2. The van der Waals surface area contributed by atoms with Gasteiger partial charge in [-0.25, -0.2) is 4.68 Å². The first kappa shape index (κ1) is 22.0. The number of rotatable bonds is 7. The van der Waals surface area contributed by atoms with Crippen molar-refractivity contribution in [3.8, 4) is 5.75 Å². The summed E-state index contributed by atoms with van der Waals surface area (Å²) in [6.07, 6.45) is -1.77. The number of alkyl halides is 3. The van der Waals surface area contributed by atoms with Crippen LogP contribution in [-0.4, -0.2) is 25.5 Å². The van der Waals surface area contributed by atoms with Crippen LogP contribution in [0.2, 0.25) is 10.0 Å². The zero-order chi connectivity index (χ0) is 21.9. The molecule has 12 heteroatoms. The molecule has 0 spiro atoms. The van der Waals surface area contributed by atoms with E-state index in [1.54, 1.807) is 30.5 Å². The second kappa shape index (κ2) is 8.97. The number of carbonyl (C=O) groups is 1. The number of hydrogen-bond acceptors (Lipinski definition) is 4. The van der Waals surface area contributed by atoms with Crippen LogP contribution in [-0.2, 0) is 24.2 Å². The molecule has 0 aliphatic heterocycles. The Hall–Kier alpha value is -2.72. The van der Waals surface area contributed by atoms with Gasteiger partial charge in [-0.3, -0.25) is 9.48 Å². The van der Waals surface area contributed by atoms with Gasteiger partial charge in [-0.15, -0.1) is 0 Å². The van der Waals surface area contributed by atoms with Crippen LogP contribution in [0.25, 0.3) is 0 Å². The van der Waals surface area contributed by atoms with Gasteiger partial charge in [0, 0.05) is 11.4 Å². The highest BCUT2D eigenvalue weighted by Crippen LogP contribution is 2.35. The Morgan fingerprint density at radius 1 is 1.30 bits per heavy atom. The lowest BCUT2D eigenvalue weighted by molar-refractivity contribution is -0.141. The summed E-state index contributed by atoms with van der Waals surface area (Å²) in [6, 6.07) is 6.87. The molecule has 2 aromatic heterocycles. The van der Waals surface area contributed by atoms with Gasteiger partial charge in [0.1, 0.15) is 5.75 Å². The molecule has 1 N–H and O–H groups in total. The van der Waals surface area contributed by atoms with Crippen molar-refractivity contribution in [2.24, 2.45) is 0 Å². The van der Waals surface area contributed by atoms with Crippen molar-refractivity contribution in [1.29, 1.82) is 0 Å². The van der Waals surface area contributed by atoms with Crippen molar-refractivity contribution in [1.82, 2.24) is 19.6 Å². The van der Waals surface area contributed by atoms with Gasteiger partial charge >= 0.3 is 6.18 Å². The first-order chi connectivity index (χ1) is 14.1. The standard InChI is InChI=1S/C18H16Cl2F3N5O2/c1-11-16(20)17(18(21,22)23)26-28(11)6-5-15(29)25-13-8-24-27(9-13)10-30-14-4-2-3-12(19)7-14/h2-4,7-9H,5-6,10H2,1H3,(H,25,29). The molecule has 30 heavy (non-hydrogen) atoms. The number of aryl methyl sites for hydroxylation is 1. The van der Waals surface area contributed by atoms with E-state index in [4.69, 9.17) is 27.9 Å². The van der Waals surface area contributed by atoms with Crippen LogP contribution in [0.3, 0.4) is 0 Å². The molecular formula is C18H16Cl2F3N5O2. The number of hydrogen-bond donors (Lipinski definition) is 1. The molecule has 7 nitrogen and oxygen atoms in total. The average molecular weight is 462 g/mol. The monoisotopic (exact) mass is 461 g/mol. The van der Waals surface area contributed by atoms with E-state index in [-0.39, 0.29) is 25.4 Å². The van der Waals surface area contributed by atoms with Crippen LogP contribution >= 0.6 is 23.2 Å². The molecule has 0 bridgehead atoms. The van der Waals surface area contributed by atoms with Crippen molar-refractivity contribution < 1.29 is 22.7 Å². The van der Waals surface area contributed by atoms with Crippen LogP contribution < -0.4 is 10.1 Å². The van der Waals surface area contributed by atoms with Crippen LogP contribution in [0.4, 0.5) is 18.9 Å². The van der Waals surface area contributed by atoms with Gasteiger partial charge in [0.05, 0.1) is 35.3 Å². The Labute approximate surface area is 179 Å². The number of carbonyl (C=O) groups excluding carboxylic acids is 1. The van der Waals surface area contributed by atoms with Crippen molar-refractivity contribution in [3.05, 3.63) is 58.1 Å². The molecule has 0 saturated carbocycles. The molecule has 0 fully saturated rings. The van der Waals surface area contributed by atoms with Crippen LogP contribution in [0.5, 0.6) is 5.75 Å². The molecule has 3 rings (SSSR count). The number of halogens is 5. The van der Waals surface area contributed by atoms with Gasteiger partial charge < -0.3 is 10.1 Å². The Morgan fingerprint density at radius 3 is 2.73 bits per heavy atom. The second-order valence-electron chi connectivity index (χ2n) is 6.27. The number of ether oxygens (including phenoxy) is 1. The predicted molar refractivity (Wildman–Crippen MR) is 105 cm³/mol. The van der Waals surface area contributed by atoms with E-state index >= 15 is 0 Å². The minimum Gasteiger partial charge on any atom is -0.471 e. The lowest BCUT2D eigenvalue weighted by Gasteiger charge is -2.06. The molecule has 0 aliphatic rings. The van der Waals surface area contributed by atoms with Gasteiger partial charge in [0.15, 0.2) is 12.4 Å². The summed E-state index contributed by atoms with van der Waals surface area (Å²) >= 11 is 11.6. The molecule has 160 valence electrons. The van der Waals surface area contributed by atoms with Crippen molar-refractivity contribution >= 4 is 34.8 Å². The van der Waals surface area contributed by atoms with E-state index in [1.165, 1.54) is 17.8 Å². The summed E-state index contributed by atoms with van der Waals surface area (Å²) in [4.78, 5) is 12.1. The lowest BCUT2D eigenvalue weighted by atomic mass is 10.3. The van der Waals surface area contributed by atoms with E-state index in [0.29, 0.717) is 16.5 Å². The number of nitrogens with zero attached hydrogens (tertiary/aromatic N) is 4. The third-order valence-corrected chi connectivity index (χ3v) is 4.72. The highest BCUT2D eigenvalue weighted by Gasteiger charge is 2.38. The van der Waals surface area contributed by atoms with E-state index < -0.39 is 22.8 Å². The fourth-order valence-corrected chi connectivity index (χ4v) is 2.97. The molecule has 0 radical (unpaired) electrons. The summed E-state index contributed by atoms with van der Waals surface area (Å²) < 4.78 is 46.6. The molecular weight excluding hydrogens is 446 g/mol. The van der Waals surface area contributed by atoms with Gasteiger partial charge in [0.2, 0.25) is 5.91 Å². The van der Waals surface area contributed by atoms with E-state index in [0.717, 1.165) is 4.68 Å². The van der Waals surface area contributed by atoms with Gasteiger partial charge in [-0.1, -0.05) is 29.3 Å². The number of aromatic nitrogens is 4. The summed E-state index contributed by atoms with van der Waals surface area (Å²) in [6.45, 7) is 1.45. The van der Waals surface area contributed by atoms with Gasteiger partial charge in [-0.05, 0) is 25.1 Å². The minimum absolute atomic E-state index is 0.0561. The minimum atomic E-state index is -4.66. The Bertz CT molecular complexity index is 1050. The summed E-state index contributed by atoms with van der Waals surface area (Å²) in [5.41, 5.74) is -0.605. The fraction of sp³-hybridized carbons (Fsp3) is 0.278. The largest absolute Gasteiger partial charge is 0.471 e. The molecule has 0 atom stereocenters. The van der Waals surface area contributed by atoms with Crippen LogP contribution in [0.15, 0.2) is 36.7 Å². The van der Waals surface area contributed by atoms with Crippen molar-refractivity contribution in [2.45, 2.75) is 32.8 Å². The van der Waals surface area contributed by atoms with E-state index in [1.807, 2.05) is 0 Å². The Morgan fingerprint density at radius 2 is 2.07 bits per heavy atom. The molecule has 1 amide bonds. The SMILES string of the molecule is Cc1c(Cl)c(C(F)(F)F)nn1CCC(=O)Nc1cnn(COc2cccc(Cl)c2)c1. The predicted octanol–water partition coefficient (Wildman–Crippen LogP) is 4.78. The highest BCUT2D eigenvalue weighted by atomic mass is 35.5. The normalized spacial score (nSPS) is 11.5. The zero-order valence-electron chi connectivity index (χ0n) is 15.6. The molecule has 0 unspecified atom stereocenters. The third-order valence-electron chi connectivity index (χ3n) is 4.03. The molecule has 2 heterocycles. The quantitative estimate of drug-likeness (QED) is 0.549. The molecule has 3 aromatic rings. The fourth-order valence-electron chi connectivity index (χ4n) is 2.55. The number of benzene rings is 1. The Kier molecular flexibility index (Phi) is 6.57. The highest BCUT2D eigenvalue weighted by molar-refractivity contribution is 6.32. The lowest BCUT2D eigenvalue weighted by Crippen LogP contribution is -2.16. The molecule has 0 saturated heterocycles. The first-order valence-corrected chi connectivity index (χ1v) is 9.40. The topological polar surface area (TPSA) is 74.0 Å². The number of amides is 1. The number of nitrogens with one attached hydrogen (secondary N) is 1. The first-order valence-electron chi connectivity index (χ1n) is 8.64.